The number of hydrogen-bond donors (Lipinski definition) is 0. The van der Waals surface area contributed by atoms with Gasteiger partial charge in [0.15, 0.2) is 0 Å². The van der Waals surface area contributed by atoms with Crippen molar-refractivity contribution in [3.63, 3.8) is 0 Å². The van der Waals surface area contributed by atoms with Crippen LogP contribution in [0.4, 0.5) is 0 Å². The molecule has 1 aliphatic rings. The summed E-state index contributed by atoms with van der Waals surface area (Å²) in [6.07, 6.45) is 0. The molecule has 0 saturated carbocycles. The molecule has 0 radical (unpaired) electrons. The van der Waals surface area contributed by atoms with Crippen molar-refractivity contribution in [2.45, 2.75) is 0 Å². The molecule has 1 aromatic carbocycles. The minimum atomic E-state index is 0.649. The van der Waals surface area contributed by atoms with Gasteiger partial charge in [-0.15, -0.1) is 0 Å². The van der Waals surface area contributed by atoms with E-state index < -0.39 is 0 Å². The maximum Gasteiger partial charge on any atom is 0.126 e. The van der Waals surface area contributed by atoms with Crippen molar-refractivity contribution in [2.24, 2.45) is 0 Å². The second-order valence-electron chi connectivity index (χ2n) is 4.35. The highest BCUT2D eigenvalue weighted by Gasteiger charge is 2.10. The van der Waals surface area contributed by atoms with E-state index in [0.717, 1.165) is 50.1 Å². The largest absolute Gasteiger partial charge is 0.496 e. The minimum Gasteiger partial charge on any atom is -0.496 e. The van der Waals surface area contributed by atoms with E-state index >= 15 is 0 Å². The lowest BCUT2D eigenvalue weighted by Crippen LogP contribution is -2.38. The third kappa shape index (κ3) is 4.29. The molecule has 1 heterocycles. The molecule has 0 bridgehead atoms. The van der Waals surface area contributed by atoms with Crippen LogP contribution in [-0.2, 0) is 4.74 Å². The summed E-state index contributed by atoms with van der Waals surface area (Å²) in [6.45, 7) is 5.13. The van der Waals surface area contributed by atoms with Crippen molar-refractivity contribution in [1.29, 1.82) is 0 Å². The molecule has 1 aromatic rings. The molecule has 5 heteroatoms. The first kappa shape index (κ1) is 14.0. The van der Waals surface area contributed by atoms with Gasteiger partial charge in [0.05, 0.1) is 27.4 Å². The highest BCUT2D eigenvalue weighted by Crippen LogP contribution is 2.27. The highest BCUT2D eigenvalue weighted by molar-refractivity contribution is 5.41. The molecular weight excluding hydrogens is 246 g/mol. The van der Waals surface area contributed by atoms with Crippen LogP contribution < -0.4 is 14.2 Å². The number of benzene rings is 1. The molecular formula is C14H21NO4. The Bertz CT molecular complexity index is 369. The van der Waals surface area contributed by atoms with Crippen molar-refractivity contribution in [3.05, 3.63) is 18.2 Å². The third-order valence-electron chi connectivity index (χ3n) is 3.10. The molecule has 1 fully saturated rings. The minimum absolute atomic E-state index is 0.649. The Morgan fingerprint density at radius 2 is 1.58 bits per heavy atom. The molecule has 2 rings (SSSR count). The van der Waals surface area contributed by atoms with E-state index in [1.165, 1.54) is 0 Å². The lowest BCUT2D eigenvalue weighted by molar-refractivity contribution is 0.0322. The lowest BCUT2D eigenvalue weighted by atomic mass is 10.3. The van der Waals surface area contributed by atoms with Crippen LogP contribution >= 0.6 is 0 Å². The van der Waals surface area contributed by atoms with Crippen molar-refractivity contribution >= 4 is 0 Å². The van der Waals surface area contributed by atoms with E-state index in [1.807, 2.05) is 18.2 Å². The van der Waals surface area contributed by atoms with E-state index in [4.69, 9.17) is 18.9 Å². The summed E-state index contributed by atoms with van der Waals surface area (Å²) in [5, 5.41) is 0. The predicted octanol–water partition coefficient (Wildman–Crippen LogP) is 1.41. The zero-order valence-corrected chi connectivity index (χ0v) is 11.6. The average Bonchev–Trinajstić information content (AvgIpc) is 2.48. The standard InChI is InChI=1S/C14H21NO4/c1-16-12-9-13(17-2)11-14(10-12)19-8-5-15-3-6-18-7-4-15/h9-11H,3-8H2,1-2H3. The van der Waals surface area contributed by atoms with Gasteiger partial charge >= 0.3 is 0 Å². The van der Waals surface area contributed by atoms with Crippen molar-refractivity contribution < 1.29 is 18.9 Å². The zero-order chi connectivity index (χ0) is 13.5. The average molecular weight is 267 g/mol. The van der Waals surface area contributed by atoms with Crippen molar-refractivity contribution in [1.82, 2.24) is 4.90 Å². The smallest absolute Gasteiger partial charge is 0.126 e. The summed E-state index contributed by atoms with van der Waals surface area (Å²) in [4.78, 5) is 2.33. The van der Waals surface area contributed by atoms with Crippen molar-refractivity contribution in [3.8, 4) is 17.2 Å². The van der Waals surface area contributed by atoms with Crippen LogP contribution in [-0.4, -0.2) is 58.6 Å². The van der Waals surface area contributed by atoms with Crippen LogP contribution in [0.25, 0.3) is 0 Å². The Morgan fingerprint density at radius 1 is 1.00 bits per heavy atom. The molecule has 0 N–H and O–H groups in total. The fraction of sp³-hybridized carbons (Fsp3) is 0.571. The SMILES string of the molecule is COc1cc(OC)cc(OCCN2CCOCC2)c1. The Labute approximate surface area is 114 Å². The van der Waals surface area contributed by atoms with E-state index in [2.05, 4.69) is 4.90 Å². The number of morpholine rings is 1. The maximum absolute atomic E-state index is 5.75. The molecule has 0 unspecified atom stereocenters. The van der Waals surface area contributed by atoms with Gasteiger partial charge in [0.2, 0.25) is 0 Å². The van der Waals surface area contributed by atoms with Gasteiger partial charge < -0.3 is 18.9 Å². The first-order valence-corrected chi connectivity index (χ1v) is 6.48. The first-order chi connectivity index (χ1) is 9.31. The van der Waals surface area contributed by atoms with E-state index in [9.17, 15) is 0 Å². The molecule has 5 nitrogen and oxygen atoms in total. The number of rotatable bonds is 6. The Balaban J connectivity index is 1.84. The van der Waals surface area contributed by atoms with Crippen LogP contribution in [0, 0.1) is 0 Å². The molecule has 0 aromatic heterocycles. The van der Waals surface area contributed by atoms with E-state index in [-0.39, 0.29) is 0 Å². The van der Waals surface area contributed by atoms with Crippen LogP contribution in [0.2, 0.25) is 0 Å². The van der Waals surface area contributed by atoms with Gasteiger partial charge in [-0.1, -0.05) is 0 Å². The quantitative estimate of drug-likeness (QED) is 0.779. The molecule has 0 amide bonds. The van der Waals surface area contributed by atoms with Gasteiger partial charge in [-0.25, -0.2) is 0 Å². The van der Waals surface area contributed by atoms with Gasteiger partial charge in [0, 0.05) is 37.8 Å². The molecule has 1 aliphatic heterocycles. The summed E-state index contributed by atoms with van der Waals surface area (Å²) in [7, 11) is 3.26. The summed E-state index contributed by atoms with van der Waals surface area (Å²) < 4.78 is 21.5. The predicted molar refractivity (Wildman–Crippen MR) is 72.3 cm³/mol. The van der Waals surface area contributed by atoms with E-state index in [0.29, 0.717) is 6.61 Å². The summed E-state index contributed by atoms with van der Waals surface area (Å²) >= 11 is 0. The first-order valence-electron chi connectivity index (χ1n) is 6.48. The summed E-state index contributed by atoms with van der Waals surface area (Å²) in [6, 6.07) is 5.55. The molecule has 0 spiro atoms. The fourth-order valence-electron chi connectivity index (χ4n) is 1.98. The zero-order valence-electron chi connectivity index (χ0n) is 11.6. The van der Waals surface area contributed by atoms with Crippen molar-refractivity contribution in [2.75, 3.05) is 53.7 Å². The lowest BCUT2D eigenvalue weighted by Gasteiger charge is -2.26. The second kappa shape index (κ2) is 7.21. The van der Waals surface area contributed by atoms with Gasteiger partial charge in [0.1, 0.15) is 23.9 Å². The fourth-order valence-corrected chi connectivity index (χ4v) is 1.98. The van der Waals surface area contributed by atoms with Gasteiger partial charge in [-0.05, 0) is 0 Å². The monoisotopic (exact) mass is 267 g/mol. The van der Waals surface area contributed by atoms with Crippen LogP contribution in [0.3, 0.4) is 0 Å². The number of ether oxygens (including phenoxy) is 4. The normalized spacial score (nSPS) is 16.1. The Hall–Kier alpha value is -1.46. The molecule has 106 valence electrons. The topological polar surface area (TPSA) is 40.2 Å². The Morgan fingerprint density at radius 3 is 2.16 bits per heavy atom. The summed E-state index contributed by atoms with van der Waals surface area (Å²) in [5.74, 6) is 2.24. The number of methoxy groups -OCH3 is 2. The molecule has 0 atom stereocenters. The summed E-state index contributed by atoms with van der Waals surface area (Å²) in [5.41, 5.74) is 0. The second-order valence-corrected chi connectivity index (χ2v) is 4.35. The molecule has 0 aliphatic carbocycles. The Kier molecular flexibility index (Phi) is 5.30. The maximum atomic E-state index is 5.75. The van der Waals surface area contributed by atoms with Gasteiger partial charge in [-0.3, -0.25) is 4.90 Å². The van der Waals surface area contributed by atoms with Crippen LogP contribution in [0.1, 0.15) is 0 Å². The van der Waals surface area contributed by atoms with Gasteiger partial charge in [-0.2, -0.15) is 0 Å². The van der Waals surface area contributed by atoms with Gasteiger partial charge in [0.25, 0.3) is 0 Å². The highest BCUT2D eigenvalue weighted by atomic mass is 16.5. The third-order valence-corrected chi connectivity index (χ3v) is 3.10. The molecule has 1 saturated heterocycles. The number of nitrogens with zero attached hydrogens (tertiary/aromatic N) is 1. The van der Waals surface area contributed by atoms with Crippen LogP contribution in [0.15, 0.2) is 18.2 Å². The number of hydrogen-bond acceptors (Lipinski definition) is 5. The van der Waals surface area contributed by atoms with Crippen LogP contribution in [0.5, 0.6) is 17.2 Å². The molecule has 19 heavy (non-hydrogen) atoms. The van der Waals surface area contributed by atoms with E-state index in [1.54, 1.807) is 14.2 Å².